The summed E-state index contributed by atoms with van der Waals surface area (Å²) in [6.45, 7) is 0. The maximum atomic E-state index is 13.0. The first-order valence-corrected chi connectivity index (χ1v) is 8.64. The largest absolute Gasteiger partial charge is 0.416 e. The standard InChI is InChI=1S/C19H10F6IN/c20-18(21,22)13-5-1-3-11(7-13)16-9-15(26)10-27-17(16)12-4-2-6-14(8-12)19(23,24)25/h1-10H. The molecule has 0 radical (unpaired) electrons. The molecule has 0 fully saturated rings. The molecule has 0 amide bonds. The van der Waals surface area contributed by atoms with Crippen molar-refractivity contribution in [3.8, 4) is 22.4 Å². The highest BCUT2D eigenvalue weighted by Gasteiger charge is 2.32. The van der Waals surface area contributed by atoms with Gasteiger partial charge in [0.15, 0.2) is 0 Å². The SMILES string of the molecule is FC(F)(F)c1cccc(-c2cc(I)cnc2-c2cccc(C(F)(F)F)c2)c1. The van der Waals surface area contributed by atoms with Crippen LogP contribution in [0.4, 0.5) is 26.3 Å². The molecule has 1 nitrogen and oxygen atoms in total. The second kappa shape index (κ2) is 7.14. The van der Waals surface area contributed by atoms with Gasteiger partial charge in [-0.15, -0.1) is 0 Å². The summed E-state index contributed by atoms with van der Waals surface area (Å²) in [5, 5.41) is 0. The first-order chi connectivity index (χ1) is 12.6. The van der Waals surface area contributed by atoms with Crippen molar-refractivity contribution in [2.24, 2.45) is 0 Å². The molecule has 3 aromatic rings. The molecule has 0 unspecified atom stereocenters. The summed E-state index contributed by atoms with van der Waals surface area (Å²) >= 11 is 1.95. The van der Waals surface area contributed by atoms with Gasteiger partial charge in [-0.05, 0) is 58.5 Å². The summed E-state index contributed by atoms with van der Waals surface area (Å²) < 4.78 is 78.8. The predicted octanol–water partition coefficient (Wildman–Crippen LogP) is 7.06. The number of pyridine rings is 1. The van der Waals surface area contributed by atoms with Crippen LogP contribution in [0.15, 0.2) is 60.8 Å². The van der Waals surface area contributed by atoms with E-state index in [2.05, 4.69) is 4.98 Å². The lowest BCUT2D eigenvalue weighted by Gasteiger charge is -2.14. The summed E-state index contributed by atoms with van der Waals surface area (Å²) in [5.41, 5.74) is -0.783. The van der Waals surface area contributed by atoms with Crippen LogP contribution in [-0.4, -0.2) is 4.98 Å². The first kappa shape index (κ1) is 19.7. The minimum atomic E-state index is -4.53. The normalized spacial score (nSPS) is 12.3. The number of hydrogen-bond donors (Lipinski definition) is 0. The summed E-state index contributed by atoms with van der Waals surface area (Å²) in [6, 6.07) is 10.8. The number of alkyl halides is 6. The van der Waals surface area contributed by atoms with E-state index in [1.54, 1.807) is 6.07 Å². The van der Waals surface area contributed by atoms with Crippen molar-refractivity contribution in [3.63, 3.8) is 0 Å². The van der Waals surface area contributed by atoms with Crippen molar-refractivity contribution in [3.05, 3.63) is 75.5 Å². The van der Waals surface area contributed by atoms with Crippen LogP contribution in [0.1, 0.15) is 11.1 Å². The topological polar surface area (TPSA) is 12.9 Å². The van der Waals surface area contributed by atoms with Crippen molar-refractivity contribution in [1.29, 1.82) is 0 Å². The van der Waals surface area contributed by atoms with E-state index >= 15 is 0 Å². The molecule has 0 aliphatic rings. The lowest BCUT2D eigenvalue weighted by molar-refractivity contribution is -0.138. The van der Waals surface area contributed by atoms with Crippen molar-refractivity contribution in [2.45, 2.75) is 12.4 Å². The zero-order chi connectivity index (χ0) is 19.8. The minimum absolute atomic E-state index is 0.175. The highest BCUT2D eigenvalue weighted by atomic mass is 127. The molecule has 1 aromatic heterocycles. The van der Waals surface area contributed by atoms with Gasteiger partial charge in [0, 0.05) is 20.9 Å². The second-order valence-corrected chi connectivity index (χ2v) is 6.95. The van der Waals surface area contributed by atoms with Crippen LogP contribution in [0.5, 0.6) is 0 Å². The molecule has 0 saturated carbocycles. The maximum Gasteiger partial charge on any atom is 0.416 e. The van der Waals surface area contributed by atoms with Gasteiger partial charge >= 0.3 is 12.4 Å². The van der Waals surface area contributed by atoms with Crippen LogP contribution in [0, 0.1) is 3.57 Å². The van der Waals surface area contributed by atoms with Crippen LogP contribution in [0.25, 0.3) is 22.4 Å². The highest BCUT2D eigenvalue weighted by Crippen LogP contribution is 2.37. The molecule has 1 heterocycles. The lowest BCUT2D eigenvalue weighted by Crippen LogP contribution is -2.05. The van der Waals surface area contributed by atoms with Gasteiger partial charge in [-0.1, -0.05) is 24.3 Å². The number of benzene rings is 2. The lowest BCUT2D eigenvalue weighted by atomic mass is 9.97. The number of nitrogens with zero attached hydrogens (tertiary/aromatic N) is 1. The van der Waals surface area contributed by atoms with E-state index in [1.807, 2.05) is 22.6 Å². The number of hydrogen-bond acceptors (Lipinski definition) is 1. The molecule has 8 heteroatoms. The molecular formula is C19H10F6IN. The van der Waals surface area contributed by atoms with Gasteiger partial charge in [-0.2, -0.15) is 26.3 Å². The fraction of sp³-hybridized carbons (Fsp3) is 0.105. The Morgan fingerprint density at radius 3 is 1.78 bits per heavy atom. The van der Waals surface area contributed by atoms with E-state index in [-0.39, 0.29) is 16.8 Å². The van der Waals surface area contributed by atoms with Gasteiger partial charge in [0.2, 0.25) is 0 Å². The van der Waals surface area contributed by atoms with Crippen molar-refractivity contribution >= 4 is 22.6 Å². The zero-order valence-electron chi connectivity index (χ0n) is 13.4. The average molecular weight is 493 g/mol. The van der Waals surface area contributed by atoms with Gasteiger partial charge in [0.05, 0.1) is 16.8 Å². The Morgan fingerprint density at radius 1 is 0.704 bits per heavy atom. The van der Waals surface area contributed by atoms with Crippen LogP contribution in [0.3, 0.4) is 0 Å². The van der Waals surface area contributed by atoms with E-state index in [9.17, 15) is 26.3 Å². The molecule has 0 aliphatic carbocycles. The molecule has 27 heavy (non-hydrogen) atoms. The third-order valence-electron chi connectivity index (χ3n) is 3.82. The summed E-state index contributed by atoms with van der Waals surface area (Å²) in [7, 11) is 0. The minimum Gasteiger partial charge on any atom is -0.255 e. The van der Waals surface area contributed by atoms with E-state index in [0.29, 0.717) is 9.13 Å². The second-order valence-electron chi connectivity index (χ2n) is 5.71. The molecule has 140 valence electrons. The number of rotatable bonds is 2. The first-order valence-electron chi connectivity index (χ1n) is 7.56. The van der Waals surface area contributed by atoms with E-state index in [4.69, 9.17) is 0 Å². The summed E-state index contributed by atoms with van der Waals surface area (Å²) in [5.74, 6) is 0. The van der Waals surface area contributed by atoms with Gasteiger partial charge in [0.1, 0.15) is 0 Å². The fourth-order valence-electron chi connectivity index (χ4n) is 2.60. The molecule has 0 saturated heterocycles. The Bertz CT molecular complexity index is 978. The highest BCUT2D eigenvalue weighted by molar-refractivity contribution is 14.1. The Hall–Kier alpha value is -2.10. The van der Waals surface area contributed by atoms with Gasteiger partial charge in [-0.3, -0.25) is 4.98 Å². The molecule has 0 spiro atoms. The molecule has 0 atom stereocenters. The predicted molar refractivity (Wildman–Crippen MR) is 97.8 cm³/mol. The molecule has 2 aromatic carbocycles. The third kappa shape index (κ3) is 4.42. The van der Waals surface area contributed by atoms with E-state index in [0.717, 1.165) is 24.3 Å². The number of aromatic nitrogens is 1. The van der Waals surface area contributed by atoms with Crippen LogP contribution in [-0.2, 0) is 12.4 Å². The van der Waals surface area contributed by atoms with E-state index in [1.165, 1.54) is 30.5 Å². The van der Waals surface area contributed by atoms with Crippen LogP contribution < -0.4 is 0 Å². The Kier molecular flexibility index (Phi) is 5.20. The van der Waals surface area contributed by atoms with Crippen molar-refractivity contribution in [2.75, 3.05) is 0 Å². The molecule has 0 aliphatic heterocycles. The van der Waals surface area contributed by atoms with Gasteiger partial charge < -0.3 is 0 Å². The average Bonchev–Trinajstić information content (AvgIpc) is 2.60. The molecular weight excluding hydrogens is 483 g/mol. The van der Waals surface area contributed by atoms with Gasteiger partial charge in [-0.25, -0.2) is 0 Å². The molecule has 0 bridgehead atoms. The smallest absolute Gasteiger partial charge is 0.255 e. The Labute approximate surface area is 164 Å². The van der Waals surface area contributed by atoms with Gasteiger partial charge in [0.25, 0.3) is 0 Å². The number of halogens is 7. The van der Waals surface area contributed by atoms with Crippen LogP contribution >= 0.6 is 22.6 Å². The monoisotopic (exact) mass is 493 g/mol. The third-order valence-corrected chi connectivity index (χ3v) is 4.41. The van der Waals surface area contributed by atoms with Crippen molar-refractivity contribution < 1.29 is 26.3 Å². The quantitative estimate of drug-likeness (QED) is 0.275. The fourth-order valence-corrected chi connectivity index (χ4v) is 3.05. The van der Waals surface area contributed by atoms with Crippen LogP contribution in [0.2, 0.25) is 0 Å². The van der Waals surface area contributed by atoms with E-state index < -0.39 is 23.5 Å². The Balaban J connectivity index is 2.19. The maximum absolute atomic E-state index is 13.0. The zero-order valence-corrected chi connectivity index (χ0v) is 15.5. The van der Waals surface area contributed by atoms with Crippen molar-refractivity contribution in [1.82, 2.24) is 4.98 Å². The summed E-state index contributed by atoms with van der Waals surface area (Å²) in [6.07, 6.45) is -7.61. The Morgan fingerprint density at radius 2 is 1.22 bits per heavy atom. The summed E-state index contributed by atoms with van der Waals surface area (Å²) in [4.78, 5) is 4.18. The molecule has 3 rings (SSSR count). The molecule has 0 N–H and O–H groups in total.